The first-order valence-electron chi connectivity index (χ1n) is 6.55. The molecule has 1 aromatic carbocycles. The van der Waals surface area contributed by atoms with Crippen LogP contribution in [0.4, 0.5) is 10.5 Å². The highest BCUT2D eigenvalue weighted by molar-refractivity contribution is 5.94. The number of amides is 2. The summed E-state index contributed by atoms with van der Waals surface area (Å²) in [6.45, 7) is 0. The zero-order valence-electron chi connectivity index (χ0n) is 11.9. The van der Waals surface area contributed by atoms with Crippen LogP contribution in [0.3, 0.4) is 0 Å². The number of aromatic carboxylic acids is 1. The van der Waals surface area contributed by atoms with E-state index in [1.807, 2.05) is 0 Å². The minimum atomic E-state index is -1.07. The van der Waals surface area contributed by atoms with E-state index in [0.29, 0.717) is 11.4 Å². The fourth-order valence-corrected chi connectivity index (χ4v) is 2.16. The normalized spacial score (nSPS) is 20.3. The molecule has 0 radical (unpaired) electrons. The number of carbonyl (C=O) groups is 2. The highest BCUT2D eigenvalue weighted by Crippen LogP contribution is 2.26. The third-order valence-corrected chi connectivity index (χ3v) is 3.46. The number of hydrogen-bond acceptors (Lipinski definition) is 4. The van der Waals surface area contributed by atoms with Gasteiger partial charge in [-0.2, -0.15) is 0 Å². The molecule has 0 aromatic heterocycles. The van der Waals surface area contributed by atoms with Crippen LogP contribution in [-0.4, -0.2) is 43.5 Å². The molecule has 0 unspecified atom stereocenters. The number of benzene rings is 1. The lowest BCUT2D eigenvalue weighted by Gasteiger charge is -2.34. The number of carbonyl (C=O) groups excluding carboxylic acids is 1. The lowest BCUT2D eigenvalue weighted by Crippen LogP contribution is -2.48. The van der Waals surface area contributed by atoms with Crippen LogP contribution in [0.5, 0.6) is 5.75 Å². The number of methoxy groups -OCH3 is 2. The van der Waals surface area contributed by atoms with E-state index in [4.69, 9.17) is 14.6 Å². The van der Waals surface area contributed by atoms with Gasteiger partial charge in [-0.15, -0.1) is 0 Å². The Morgan fingerprint density at radius 2 is 2.00 bits per heavy atom. The number of rotatable bonds is 5. The van der Waals surface area contributed by atoms with E-state index in [1.165, 1.54) is 25.3 Å². The number of anilines is 1. The Bertz CT molecular complexity index is 540. The maximum atomic E-state index is 11.9. The standard InChI is InChI=1S/C14H18N2O5/c1-20-10-6-9(7-10)15-14(19)16-11-5-8(13(17)18)3-4-12(11)21-2/h3-5,9-10H,6-7H2,1-2H3,(H,17,18)(H2,15,16,19). The van der Waals surface area contributed by atoms with Gasteiger partial charge in [0, 0.05) is 13.2 Å². The highest BCUT2D eigenvalue weighted by atomic mass is 16.5. The minimum absolute atomic E-state index is 0.0728. The molecule has 1 aromatic rings. The SMILES string of the molecule is COc1ccc(C(=O)O)cc1NC(=O)NC1CC(OC)C1. The lowest BCUT2D eigenvalue weighted by atomic mass is 9.89. The van der Waals surface area contributed by atoms with Crippen LogP contribution in [0.1, 0.15) is 23.2 Å². The molecule has 2 rings (SSSR count). The summed E-state index contributed by atoms with van der Waals surface area (Å²) in [6, 6.07) is 3.96. The molecule has 21 heavy (non-hydrogen) atoms. The summed E-state index contributed by atoms with van der Waals surface area (Å²) in [5.74, 6) is -0.665. The van der Waals surface area contributed by atoms with Crippen molar-refractivity contribution in [2.45, 2.75) is 25.0 Å². The summed E-state index contributed by atoms with van der Waals surface area (Å²) in [5, 5.41) is 14.4. The van der Waals surface area contributed by atoms with Crippen molar-refractivity contribution >= 4 is 17.7 Å². The Morgan fingerprint density at radius 3 is 2.57 bits per heavy atom. The predicted octanol–water partition coefficient (Wildman–Crippen LogP) is 1.69. The molecule has 1 fully saturated rings. The number of carboxylic acids is 1. The fraction of sp³-hybridized carbons (Fsp3) is 0.429. The molecule has 2 amide bonds. The molecule has 0 heterocycles. The van der Waals surface area contributed by atoms with Crippen molar-refractivity contribution in [3.05, 3.63) is 23.8 Å². The van der Waals surface area contributed by atoms with Gasteiger partial charge in [0.1, 0.15) is 5.75 Å². The number of urea groups is 1. The van der Waals surface area contributed by atoms with Gasteiger partial charge in [0.05, 0.1) is 24.5 Å². The Labute approximate surface area is 122 Å². The first kappa shape index (κ1) is 15.1. The van der Waals surface area contributed by atoms with Crippen molar-refractivity contribution in [2.75, 3.05) is 19.5 Å². The second kappa shape index (κ2) is 6.45. The molecule has 7 nitrogen and oxygen atoms in total. The summed E-state index contributed by atoms with van der Waals surface area (Å²) in [5.41, 5.74) is 0.395. The van der Waals surface area contributed by atoms with E-state index < -0.39 is 12.0 Å². The number of ether oxygens (including phenoxy) is 2. The molecule has 7 heteroatoms. The van der Waals surface area contributed by atoms with Crippen LogP contribution in [0.25, 0.3) is 0 Å². The van der Waals surface area contributed by atoms with E-state index in [-0.39, 0.29) is 17.7 Å². The van der Waals surface area contributed by atoms with Gasteiger partial charge in [-0.3, -0.25) is 0 Å². The van der Waals surface area contributed by atoms with Crippen molar-refractivity contribution in [2.24, 2.45) is 0 Å². The molecule has 0 saturated heterocycles. The third kappa shape index (κ3) is 3.63. The Kier molecular flexibility index (Phi) is 4.64. The molecular formula is C14H18N2O5. The molecule has 1 saturated carbocycles. The molecule has 1 aliphatic carbocycles. The fourth-order valence-electron chi connectivity index (χ4n) is 2.16. The Balaban J connectivity index is 1.99. The van der Waals surface area contributed by atoms with Crippen LogP contribution in [0, 0.1) is 0 Å². The molecule has 0 aliphatic heterocycles. The molecule has 0 atom stereocenters. The molecule has 0 bridgehead atoms. The summed E-state index contributed by atoms with van der Waals surface area (Å²) in [4.78, 5) is 22.9. The van der Waals surface area contributed by atoms with Crippen molar-refractivity contribution < 1.29 is 24.2 Å². The molecule has 114 valence electrons. The first-order chi connectivity index (χ1) is 10.0. The molecular weight excluding hydrogens is 276 g/mol. The van der Waals surface area contributed by atoms with Gasteiger partial charge in [0.15, 0.2) is 0 Å². The van der Waals surface area contributed by atoms with E-state index in [9.17, 15) is 9.59 Å². The number of hydrogen-bond donors (Lipinski definition) is 3. The maximum absolute atomic E-state index is 11.9. The van der Waals surface area contributed by atoms with E-state index in [1.54, 1.807) is 7.11 Å². The summed E-state index contributed by atoms with van der Waals surface area (Å²) < 4.78 is 10.2. The molecule has 3 N–H and O–H groups in total. The third-order valence-electron chi connectivity index (χ3n) is 3.46. The smallest absolute Gasteiger partial charge is 0.335 e. The topological polar surface area (TPSA) is 96.9 Å². The van der Waals surface area contributed by atoms with E-state index >= 15 is 0 Å². The Morgan fingerprint density at radius 1 is 1.29 bits per heavy atom. The number of nitrogens with one attached hydrogen (secondary N) is 2. The van der Waals surface area contributed by atoms with Crippen molar-refractivity contribution in [3.8, 4) is 5.75 Å². The monoisotopic (exact) mass is 294 g/mol. The molecule has 0 spiro atoms. The summed E-state index contributed by atoms with van der Waals surface area (Å²) in [6.07, 6.45) is 1.74. The summed E-state index contributed by atoms with van der Waals surface area (Å²) >= 11 is 0. The predicted molar refractivity (Wildman–Crippen MR) is 75.9 cm³/mol. The van der Waals surface area contributed by atoms with Crippen LogP contribution < -0.4 is 15.4 Å². The van der Waals surface area contributed by atoms with Crippen molar-refractivity contribution in [1.82, 2.24) is 5.32 Å². The lowest BCUT2D eigenvalue weighted by molar-refractivity contribution is 0.0210. The molecule has 1 aliphatic rings. The van der Waals surface area contributed by atoms with Crippen molar-refractivity contribution in [3.63, 3.8) is 0 Å². The van der Waals surface area contributed by atoms with Crippen molar-refractivity contribution in [1.29, 1.82) is 0 Å². The number of carboxylic acid groups (broad SMARTS) is 1. The van der Waals surface area contributed by atoms with Crippen LogP contribution in [0.15, 0.2) is 18.2 Å². The van der Waals surface area contributed by atoms with E-state index in [0.717, 1.165) is 12.8 Å². The Hall–Kier alpha value is -2.28. The first-order valence-corrected chi connectivity index (χ1v) is 6.55. The second-order valence-corrected chi connectivity index (χ2v) is 4.84. The van der Waals surface area contributed by atoms with Gasteiger partial charge in [0.2, 0.25) is 0 Å². The van der Waals surface area contributed by atoms with Gasteiger partial charge in [0.25, 0.3) is 0 Å². The second-order valence-electron chi connectivity index (χ2n) is 4.84. The average Bonchev–Trinajstić information content (AvgIpc) is 2.42. The van der Waals surface area contributed by atoms with Gasteiger partial charge in [-0.05, 0) is 31.0 Å². The van der Waals surface area contributed by atoms with E-state index in [2.05, 4.69) is 10.6 Å². The highest BCUT2D eigenvalue weighted by Gasteiger charge is 2.30. The largest absolute Gasteiger partial charge is 0.495 e. The minimum Gasteiger partial charge on any atom is -0.495 e. The van der Waals surface area contributed by atoms with Gasteiger partial charge >= 0.3 is 12.0 Å². The zero-order valence-corrected chi connectivity index (χ0v) is 11.9. The van der Waals surface area contributed by atoms with Crippen LogP contribution in [0.2, 0.25) is 0 Å². The van der Waals surface area contributed by atoms with Gasteiger partial charge in [-0.1, -0.05) is 0 Å². The van der Waals surface area contributed by atoms with Gasteiger partial charge < -0.3 is 25.2 Å². The zero-order chi connectivity index (χ0) is 15.4. The van der Waals surface area contributed by atoms with Crippen LogP contribution in [-0.2, 0) is 4.74 Å². The quantitative estimate of drug-likeness (QED) is 0.768. The van der Waals surface area contributed by atoms with Crippen LogP contribution >= 0.6 is 0 Å². The van der Waals surface area contributed by atoms with Gasteiger partial charge in [-0.25, -0.2) is 9.59 Å². The average molecular weight is 294 g/mol. The maximum Gasteiger partial charge on any atom is 0.335 e. The summed E-state index contributed by atoms with van der Waals surface area (Å²) in [7, 11) is 3.09.